The summed E-state index contributed by atoms with van der Waals surface area (Å²) in [5.41, 5.74) is 0.632. The SMILES string of the molecule is C=Cc1c(Cl)cccc1OS(=C)(C)=O. The molecule has 14 heavy (non-hydrogen) atoms. The molecule has 0 aliphatic carbocycles. The quantitative estimate of drug-likeness (QED) is 0.747. The molecule has 1 rings (SSSR count). The Hall–Kier alpha value is -0.930. The van der Waals surface area contributed by atoms with Crippen LogP contribution in [0.4, 0.5) is 0 Å². The van der Waals surface area contributed by atoms with Crippen LogP contribution in [0.5, 0.6) is 5.75 Å². The van der Waals surface area contributed by atoms with Gasteiger partial charge in [-0.3, -0.25) is 0 Å². The average Bonchev–Trinajstić information content (AvgIpc) is 2.01. The van der Waals surface area contributed by atoms with Gasteiger partial charge in [0.2, 0.25) is 0 Å². The molecular formula is C10H11ClO2S. The second kappa shape index (κ2) is 4.07. The van der Waals surface area contributed by atoms with Crippen molar-refractivity contribution in [3.8, 4) is 5.75 Å². The molecule has 0 saturated carbocycles. The highest BCUT2D eigenvalue weighted by molar-refractivity contribution is 7.95. The zero-order chi connectivity index (χ0) is 10.8. The second-order valence-corrected chi connectivity index (χ2v) is 5.29. The highest BCUT2D eigenvalue weighted by atomic mass is 35.5. The largest absolute Gasteiger partial charge is 0.409 e. The summed E-state index contributed by atoms with van der Waals surface area (Å²) in [6, 6.07) is 5.11. The molecule has 0 aromatic heterocycles. The van der Waals surface area contributed by atoms with E-state index in [1.54, 1.807) is 24.3 Å². The van der Waals surface area contributed by atoms with Gasteiger partial charge < -0.3 is 4.18 Å². The summed E-state index contributed by atoms with van der Waals surface area (Å²) in [5.74, 6) is 3.84. The molecule has 0 saturated heterocycles. The van der Waals surface area contributed by atoms with Crippen molar-refractivity contribution < 1.29 is 8.39 Å². The van der Waals surface area contributed by atoms with Gasteiger partial charge in [0, 0.05) is 11.8 Å². The van der Waals surface area contributed by atoms with Gasteiger partial charge in [-0.15, -0.1) is 0 Å². The highest BCUT2D eigenvalue weighted by Crippen LogP contribution is 2.28. The standard InChI is InChI=1S/C10H11ClO2S/c1-4-8-9(11)6-5-7-10(8)13-14(2,3)12/h4-7H,1-2H2,3H3. The number of halogens is 1. The highest BCUT2D eigenvalue weighted by Gasteiger charge is 2.06. The first-order chi connectivity index (χ1) is 6.44. The minimum Gasteiger partial charge on any atom is -0.409 e. The van der Waals surface area contributed by atoms with E-state index in [-0.39, 0.29) is 0 Å². The lowest BCUT2D eigenvalue weighted by Gasteiger charge is -2.10. The van der Waals surface area contributed by atoms with Crippen molar-refractivity contribution in [3.63, 3.8) is 0 Å². The molecule has 4 heteroatoms. The van der Waals surface area contributed by atoms with Gasteiger partial charge in [0.25, 0.3) is 0 Å². The minimum atomic E-state index is -2.53. The minimum absolute atomic E-state index is 0.440. The van der Waals surface area contributed by atoms with Crippen molar-refractivity contribution in [3.05, 3.63) is 35.4 Å². The Bertz CT molecular complexity index is 449. The molecule has 2 nitrogen and oxygen atoms in total. The van der Waals surface area contributed by atoms with E-state index < -0.39 is 9.80 Å². The molecule has 1 atom stereocenters. The van der Waals surface area contributed by atoms with Crippen LogP contribution in [0.1, 0.15) is 5.56 Å². The number of hydrogen-bond donors (Lipinski definition) is 0. The van der Waals surface area contributed by atoms with Crippen molar-refractivity contribution in [1.29, 1.82) is 0 Å². The lowest BCUT2D eigenvalue weighted by Crippen LogP contribution is -2.06. The van der Waals surface area contributed by atoms with Gasteiger partial charge in [0.15, 0.2) is 0 Å². The molecule has 0 heterocycles. The Balaban J connectivity index is 3.21. The maximum Gasteiger partial charge on any atom is 0.148 e. The monoisotopic (exact) mass is 230 g/mol. The fourth-order valence-electron chi connectivity index (χ4n) is 0.978. The van der Waals surface area contributed by atoms with E-state index in [9.17, 15) is 4.21 Å². The summed E-state index contributed by atoms with van der Waals surface area (Å²) in [4.78, 5) is 0. The third-order valence-corrected chi connectivity index (χ3v) is 2.34. The van der Waals surface area contributed by atoms with Gasteiger partial charge in [-0.2, -0.15) is 0 Å². The molecule has 0 bridgehead atoms. The number of benzene rings is 1. The summed E-state index contributed by atoms with van der Waals surface area (Å²) in [7, 11) is -2.53. The van der Waals surface area contributed by atoms with E-state index in [1.807, 2.05) is 0 Å². The van der Waals surface area contributed by atoms with E-state index in [2.05, 4.69) is 12.4 Å². The lowest BCUT2D eigenvalue weighted by molar-refractivity contribution is 0.563. The second-order valence-electron chi connectivity index (χ2n) is 2.86. The molecular weight excluding hydrogens is 220 g/mol. The summed E-state index contributed by atoms with van der Waals surface area (Å²) < 4.78 is 16.5. The fraction of sp³-hybridized carbons (Fsp3) is 0.100. The summed E-state index contributed by atoms with van der Waals surface area (Å²) in [6.45, 7) is 3.60. The summed E-state index contributed by atoms with van der Waals surface area (Å²) in [6.07, 6.45) is 2.98. The third kappa shape index (κ3) is 2.79. The maximum absolute atomic E-state index is 11.3. The molecule has 0 radical (unpaired) electrons. The van der Waals surface area contributed by atoms with Gasteiger partial charge in [0.1, 0.15) is 15.6 Å². The van der Waals surface area contributed by atoms with Crippen LogP contribution in [0.15, 0.2) is 24.8 Å². The first-order valence-electron chi connectivity index (χ1n) is 3.86. The Labute approximate surface area is 89.4 Å². The smallest absolute Gasteiger partial charge is 0.148 e. The molecule has 1 aromatic carbocycles. The average molecular weight is 231 g/mol. The van der Waals surface area contributed by atoms with Crippen LogP contribution in [0, 0.1) is 0 Å². The van der Waals surface area contributed by atoms with Crippen LogP contribution in [0.2, 0.25) is 5.02 Å². The predicted molar refractivity (Wildman–Crippen MR) is 63.4 cm³/mol. The molecule has 76 valence electrons. The van der Waals surface area contributed by atoms with E-state index in [1.165, 1.54) is 6.26 Å². The van der Waals surface area contributed by atoms with Crippen LogP contribution in [-0.4, -0.2) is 16.3 Å². The molecule has 0 aliphatic rings. The first-order valence-corrected chi connectivity index (χ1v) is 6.30. The van der Waals surface area contributed by atoms with E-state index >= 15 is 0 Å². The maximum atomic E-state index is 11.3. The van der Waals surface area contributed by atoms with Crippen molar-refractivity contribution in [2.45, 2.75) is 0 Å². The Morgan fingerprint density at radius 3 is 2.71 bits per heavy atom. The molecule has 0 amide bonds. The predicted octanol–water partition coefficient (Wildman–Crippen LogP) is 2.62. The molecule has 0 fully saturated rings. The fourth-order valence-corrected chi connectivity index (χ4v) is 1.75. The lowest BCUT2D eigenvalue weighted by atomic mass is 10.2. The van der Waals surface area contributed by atoms with Gasteiger partial charge in [-0.1, -0.05) is 30.3 Å². The van der Waals surface area contributed by atoms with Gasteiger partial charge in [-0.05, 0) is 18.0 Å². The summed E-state index contributed by atoms with van der Waals surface area (Å²) >= 11 is 5.89. The van der Waals surface area contributed by atoms with Crippen molar-refractivity contribution in [1.82, 2.24) is 0 Å². The van der Waals surface area contributed by atoms with E-state index in [0.717, 1.165) is 0 Å². The zero-order valence-electron chi connectivity index (χ0n) is 7.83. The Kier molecular flexibility index (Phi) is 3.24. The van der Waals surface area contributed by atoms with Crippen LogP contribution < -0.4 is 4.18 Å². The van der Waals surface area contributed by atoms with Crippen molar-refractivity contribution in [2.24, 2.45) is 0 Å². The molecule has 0 aliphatic heterocycles. The Morgan fingerprint density at radius 2 is 2.21 bits per heavy atom. The van der Waals surface area contributed by atoms with Crippen LogP contribution in [0.25, 0.3) is 6.08 Å². The molecule has 0 N–H and O–H groups in total. The van der Waals surface area contributed by atoms with Gasteiger partial charge in [0.05, 0.1) is 5.02 Å². The van der Waals surface area contributed by atoms with Crippen LogP contribution in [0.3, 0.4) is 0 Å². The van der Waals surface area contributed by atoms with Gasteiger partial charge in [-0.25, -0.2) is 4.21 Å². The third-order valence-electron chi connectivity index (χ3n) is 1.48. The normalized spacial score (nSPS) is 14.4. The zero-order valence-corrected chi connectivity index (χ0v) is 9.40. The van der Waals surface area contributed by atoms with Crippen molar-refractivity contribution >= 4 is 33.3 Å². The summed E-state index contributed by atoms with van der Waals surface area (Å²) in [5, 5.41) is 0.515. The van der Waals surface area contributed by atoms with E-state index in [0.29, 0.717) is 16.3 Å². The van der Waals surface area contributed by atoms with Gasteiger partial charge >= 0.3 is 0 Å². The van der Waals surface area contributed by atoms with Crippen LogP contribution in [-0.2, 0) is 9.80 Å². The Morgan fingerprint density at radius 1 is 1.57 bits per heavy atom. The number of rotatable bonds is 3. The first kappa shape index (κ1) is 11.1. The molecule has 1 unspecified atom stereocenters. The number of hydrogen-bond acceptors (Lipinski definition) is 2. The van der Waals surface area contributed by atoms with Crippen molar-refractivity contribution in [2.75, 3.05) is 6.26 Å². The topological polar surface area (TPSA) is 26.3 Å². The molecule has 1 aromatic rings. The molecule has 0 spiro atoms. The van der Waals surface area contributed by atoms with Crippen LogP contribution >= 0.6 is 11.6 Å². The van der Waals surface area contributed by atoms with E-state index in [4.69, 9.17) is 15.8 Å².